The quantitative estimate of drug-likeness (QED) is 0.650. The lowest BCUT2D eigenvalue weighted by molar-refractivity contribution is 0.455. The van der Waals surface area contributed by atoms with Gasteiger partial charge in [-0.3, -0.25) is 0 Å². The Hall–Kier alpha value is -1.16. The third-order valence-corrected chi connectivity index (χ3v) is 3.98. The summed E-state index contributed by atoms with van der Waals surface area (Å²) in [5, 5.41) is 3.54. The minimum absolute atomic E-state index is 0.409. The number of anilines is 1. The monoisotopic (exact) mass is 263 g/mol. The highest BCUT2D eigenvalue weighted by Crippen LogP contribution is 2.26. The molecule has 1 saturated carbocycles. The Morgan fingerprint density at radius 2 is 2.17 bits per heavy atom. The van der Waals surface area contributed by atoms with Gasteiger partial charge in [-0.1, -0.05) is 38.4 Å². The summed E-state index contributed by atoms with van der Waals surface area (Å²) in [5.74, 6) is 1.51. The van der Waals surface area contributed by atoms with E-state index in [4.69, 9.17) is 18.0 Å². The maximum absolute atomic E-state index is 5.74. The molecule has 0 spiro atoms. The summed E-state index contributed by atoms with van der Waals surface area (Å²) in [6.07, 6.45) is 8.24. The highest BCUT2D eigenvalue weighted by atomic mass is 32.1. The van der Waals surface area contributed by atoms with E-state index in [-0.39, 0.29) is 0 Å². The third-order valence-electron chi connectivity index (χ3n) is 3.76. The van der Waals surface area contributed by atoms with Crippen molar-refractivity contribution in [3.63, 3.8) is 0 Å². The second-order valence-electron chi connectivity index (χ2n) is 5.13. The molecule has 1 fully saturated rings. The zero-order chi connectivity index (χ0) is 13.0. The lowest BCUT2D eigenvalue weighted by Crippen LogP contribution is -2.28. The first kappa shape index (κ1) is 13.3. The van der Waals surface area contributed by atoms with E-state index in [1.807, 2.05) is 12.1 Å². The average Bonchev–Trinajstić information content (AvgIpc) is 2.55. The molecule has 0 bridgehead atoms. The molecule has 3 N–H and O–H groups in total. The Morgan fingerprint density at radius 1 is 1.39 bits per heavy atom. The van der Waals surface area contributed by atoms with Gasteiger partial charge >= 0.3 is 0 Å². The molecule has 98 valence electrons. The third kappa shape index (κ3) is 3.19. The van der Waals surface area contributed by atoms with E-state index in [2.05, 4.69) is 17.2 Å². The summed E-state index contributed by atoms with van der Waals surface area (Å²) in [6, 6.07) is 4.28. The number of hydrogen-bond donors (Lipinski definition) is 2. The smallest absolute Gasteiger partial charge is 0.136 e. The van der Waals surface area contributed by atoms with E-state index >= 15 is 0 Å². The van der Waals surface area contributed by atoms with E-state index in [1.54, 1.807) is 6.20 Å². The summed E-state index contributed by atoms with van der Waals surface area (Å²) in [6.45, 7) is 2.31. The van der Waals surface area contributed by atoms with Crippen molar-refractivity contribution in [2.75, 3.05) is 5.32 Å². The van der Waals surface area contributed by atoms with E-state index in [1.165, 1.54) is 32.1 Å². The Bertz CT molecular complexity index is 419. The van der Waals surface area contributed by atoms with Crippen LogP contribution in [0.2, 0.25) is 0 Å². The highest BCUT2D eigenvalue weighted by molar-refractivity contribution is 7.80. The molecular weight excluding hydrogens is 242 g/mol. The van der Waals surface area contributed by atoms with Crippen molar-refractivity contribution < 1.29 is 0 Å². The van der Waals surface area contributed by atoms with Crippen LogP contribution >= 0.6 is 12.2 Å². The van der Waals surface area contributed by atoms with Crippen molar-refractivity contribution in [3.8, 4) is 0 Å². The van der Waals surface area contributed by atoms with Crippen molar-refractivity contribution in [1.29, 1.82) is 0 Å². The first-order valence-electron chi connectivity index (χ1n) is 6.70. The molecule has 2 unspecified atom stereocenters. The maximum Gasteiger partial charge on any atom is 0.136 e. The Balaban J connectivity index is 2.14. The van der Waals surface area contributed by atoms with Crippen molar-refractivity contribution in [1.82, 2.24) is 4.98 Å². The van der Waals surface area contributed by atoms with Gasteiger partial charge in [0.2, 0.25) is 0 Å². The summed E-state index contributed by atoms with van der Waals surface area (Å²) in [4.78, 5) is 4.79. The molecule has 1 heterocycles. The number of nitrogens with zero attached hydrogens (tertiary/aromatic N) is 1. The van der Waals surface area contributed by atoms with Crippen LogP contribution in [0.3, 0.4) is 0 Å². The molecule has 0 aliphatic heterocycles. The van der Waals surface area contributed by atoms with Crippen LogP contribution in [0.25, 0.3) is 0 Å². The number of aromatic nitrogens is 1. The topological polar surface area (TPSA) is 50.9 Å². The first-order valence-corrected chi connectivity index (χ1v) is 7.10. The summed E-state index contributed by atoms with van der Waals surface area (Å²) >= 11 is 5.07. The van der Waals surface area contributed by atoms with Crippen LogP contribution in [0.1, 0.15) is 44.6 Å². The van der Waals surface area contributed by atoms with Gasteiger partial charge in [0.05, 0.1) is 5.56 Å². The zero-order valence-electron chi connectivity index (χ0n) is 10.9. The van der Waals surface area contributed by atoms with Crippen molar-refractivity contribution in [3.05, 3.63) is 23.9 Å². The number of nitrogens with one attached hydrogen (secondary N) is 1. The molecule has 0 saturated heterocycles. The Labute approximate surface area is 114 Å². The standard InChI is InChI=1S/C14H21N3S/c1-10-6-3-2-4-8-12(10)17-14-11(13(15)18)7-5-9-16-14/h5,7,9-10,12H,2-4,6,8H2,1H3,(H2,15,18)(H,16,17). The van der Waals surface area contributed by atoms with E-state index in [0.29, 0.717) is 16.9 Å². The van der Waals surface area contributed by atoms with E-state index in [9.17, 15) is 0 Å². The van der Waals surface area contributed by atoms with Gasteiger partial charge in [0, 0.05) is 12.2 Å². The van der Waals surface area contributed by atoms with Gasteiger partial charge in [-0.2, -0.15) is 0 Å². The van der Waals surface area contributed by atoms with Gasteiger partial charge in [0.15, 0.2) is 0 Å². The first-order chi connectivity index (χ1) is 8.68. The van der Waals surface area contributed by atoms with Crippen LogP contribution in [-0.2, 0) is 0 Å². The number of pyridine rings is 1. The molecule has 1 aromatic rings. The summed E-state index contributed by atoms with van der Waals surface area (Å²) in [5.41, 5.74) is 6.59. The predicted molar refractivity (Wildman–Crippen MR) is 79.8 cm³/mol. The fourth-order valence-corrected chi connectivity index (χ4v) is 2.77. The molecular formula is C14H21N3S. The van der Waals surface area contributed by atoms with Crippen LogP contribution in [0.4, 0.5) is 5.82 Å². The largest absolute Gasteiger partial charge is 0.389 e. The van der Waals surface area contributed by atoms with Crippen LogP contribution in [0.15, 0.2) is 18.3 Å². The summed E-state index contributed by atoms with van der Waals surface area (Å²) < 4.78 is 0. The number of hydrogen-bond acceptors (Lipinski definition) is 3. The van der Waals surface area contributed by atoms with Crippen LogP contribution in [0.5, 0.6) is 0 Å². The molecule has 1 aliphatic rings. The maximum atomic E-state index is 5.74. The van der Waals surface area contributed by atoms with Crippen molar-refractivity contribution in [2.24, 2.45) is 11.7 Å². The number of rotatable bonds is 3. The number of nitrogens with two attached hydrogens (primary N) is 1. The van der Waals surface area contributed by atoms with Gasteiger partial charge in [-0.15, -0.1) is 0 Å². The molecule has 18 heavy (non-hydrogen) atoms. The molecule has 2 rings (SSSR count). The van der Waals surface area contributed by atoms with Gasteiger partial charge in [-0.05, 0) is 30.9 Å². The fraction of sp³-hybridized carbons (Fsp3) is 0.571. The molecule has 0 radical (unpaired) electrons. The van der Waals surface area contributed by atoms with E-state index < -0.39 is 0 Å². The van der Waals surface area contributed by atoms with Gasteiger partial charge in [0.25, 0.3) is 0 Å². The lowest BCUT2D eigenvalue weighted by atomic mass is 9.97. The van der Waals surface area contributed by atoms with Gasteiger partial charge < -0.3 is 11.1 Å². The van der Waals surface area contributed by atoms with Crippen LogP contribution in [-0.4, -0.2) is 16.0 Å². The van der Waals surface area contributed by atoms with Gasteiger partial charge in [0.1, 0.15) is 10.8 Å². The molecule has 4 heteroatoms. The lowest BCUT2D eigenvalue weighted by Gasteiger charge is -2.24. The van der Waals surface area contributed by atoms with Crippen LogP contribution < -0.4 is 11.1 Å². The zero-order valence-corrected chi connectivity index (χ0v) is 11.7. The Morgan fingerprint density at radius 3 is 2.94 bits per heavy atom. The SMILES string of the molecule is CC1CCCCCC1Nc1ncccc1C(N)=S. The molecule has 1 aliphatic carbocycles. The minimum atomic E-state index is 0.409. The van der Waals surface area contributed by atoms with Crippen LogP contribution in [0, 0.1) is 5.92 Å². The molecule has 3 nitrogen and oxygen atoms in total. The molecule has 1 aromatic heterocycles. The van der Waals surface area contributed by atoms with Crippen molar-refractivity contribution in [2.45, 2.75) is 45.1 Å². The average molecular weight is 263 g/mol. The van der Waals surface area contributed by atoms with Gasteiger partial charge in [-0.25, -0.2) is 4.98 Å². The summed E-state index contributed by atoms with van der Waals surface area (Å²) in [7, 11) is 0. The van der Waals surface area contributed by atoms with E-state index in [0.717, 1.165) is 11.4 Å². The minimum Gasteiger partial charge on any atom is -0.389 e. The molecule has 0 aromatic carbocycles. The Kier molecular flexibility index (Phi) is 4.53. The van der Waals surface area contributed by atoms with Crippen molar-refractivity contribution >= 4 is 23.0 Å². The fourth-order valence-electron chi connectivity index (χ4n) is 2.60. The normalized spacial score (nSPS) is 24.3. The predicted octanol–water partition coefficient (Wildman–Crippen LogP) is 3.10. The number of thiocarbonyl (C=S) groups is 1. The second-order valence-corrected chi connectivity index (χ2v) is 5.57. The molecule has 2 atom stereocenters. The second kappa shape index (κ2) is 6.14. The highest BCUT2D eigenvalue weighted by Gasteiger charge is 2.21. The molecule has 0 amide bonds.